The number of hydrogen-bond acceptors (Lipinski definition) is 0. The van der Waals surface area contributed by atoms with E-state index in [1.54, 1.807) is 0 Å². The number of rotatable bonds is 3. The third-order valence-electron chi connectivity index (χ3n) is 3.85. The van der Waals surface area contributed by atoms with Crippen LogP contribution >= 0.6 is 10.0 Å². The van der Waals surface area contributed by atoms with E-state index in [0.29, 0.717) is 0 Å². The molecule has 0 radical (unpaired) electrons. The summed E-state index contributed by atoms with van der Waals surface area (Å²) in [7, 11) is -1.20. The lowest BCUT2D eigenvalue weighted by molar-refractivity contribution is 1.36. The normalized spacial score (nSPS) is 15.4. The standard InChI is InChI=1S/C20H20S/c1-21(19-14-8-4-9-15-19,20-16-10-5-11-17-20)18-12-6-2-3-7-13-18/h2,4-17H,3H2,1H3. The summed E-state index contributed by atoms with van der Waals surface area (Å²) in [6.45, 7) is 0. The van der Waals surface area contributed by atoms with Crippen LogP contribution in [-0.4, -0.2) is 6.26 Å². The first-order chi connectivity index (χ1) is 10.3. The van der Waals surface area contributed by atoms with Gasteiger partial charge in [0.2, 0.25) is 0 Å². The highest BCUT2D eigenvalue weighted by molar-refractivity contribution is 8.36. The van der Waals surface area contributed by atoms with Gasteiger partial charge in [-0.1, -0.05) is 60.7 Å². The van der Waals surface area contributed by atoms with Crippen molar-refractivity contribution in [3.05, 3.63) is 95.9 Å². The molecule has 1 aliphatic carbocycles. The summed E-state index contributed by atoms with van der Waals surface area (Å²) in [6.07, 6.45) is 14.6. The Balaban J connectivity index is 2.20. The van der Waals surface area contributed by atoms with Gasteiger partial charge in [-0.15, -0.1) is 0 Å². The first kappa shape index (κ1) is 14.0. The van der Waals surface area contributed by atoms with Crippen LogP contribution in [-0.2, 0) is 0 Å². The lowest BCUT2D eigenvalue weighted by Gasteiger charge is -2.38. The van der Waals surface area contributed by atoms with Crippen molar-refractivity contribution in [1.82, 2.24) is 0 Å². The minimum Gasteiger partial charge on any atom is -0.163 e. The molecule has 0 aliphatic heterocycles. The summed E-state index contributed by atoms with van der Waals surface area (Å²) >= 11 is 0. The highest BCUT2D eigenvalue weighted by atomic mass is 32.3. The molecule has 2 aromatic carbocycles. The zero-order valence-corrected chi connectivity index (χ0v) is 13.1. The van der Waals surface area contributed by atoms with Gasteiger partial charge in [-0.05, 0) is 57.7 Å². The van der Waals surface area contributed by atoms with Crippen LogP contribution in [0.4, 0.5) is 0 Å². The topological polar surface area (TPSA) is 0 Å². The molecular formula is C20H20S. The van der Waals surface area contributed by atoms with Crippen LogP contribution in [0.15, 0.2) is 106 Å². The average molecular weight is 292 g/mol. The Morgan fingerprint density at radius 1 is 0.762 bits per heavy atom. The fourth-order valence-electron chi connectivity index (χ4n) is 2.63. The van der Waals surface area contributed by atoms with Crippen LogP contribution in [0.1, 0.15) is 6.42 Å². The van der Waals surface area contributed by atoms with Crippen molar-refractivity contribution in [1.29, 1.82) is 0 Å². The van der Waals surface area contributed by atoms with Crippen molar-refractivity contribution in [2.75, 3.05) is 6.26 Å². The van der Waals surface area contributed by atoms with Crippen LogP contribution in [0.3, 0.4) is 0 Å². The van der Waals surface area contributed by atoms with Crippen molar-refractivity contribution in [3.8, 4) is 0 Å². The Kier molecular flexibility index (Phi) is 4.12. The van der Waals surface area contributed by atoms with Gasteiger partial charge in [-0.2, -0.15) is 10.0 Å². The Morgan fingerprint density at radius 3 is 1.90 bits per heavy atom. The quantitative estimate of drug-likeness (QED) is 0.657. The van der Waals surface area contributed by atoms with Crippen LogP contribution in [0.2, 0.25) is 0 Å². The zero-order chi connectivity index (χ0) is 14.5. The molecule has 0 fully saturated rings. The molecule has 2 aromatic rings. The van der Waals surface area contributed by atoms with Crippen LogP contribution < -0.4 is 0 Å². The molecule has 0 saturated heterocycles. The molecular weight excluding hydrogens is 272 g/mol. The summed E-state index contributed by atoms with van der Waals surface area (Å²) < 4.78 is 0. The maximum absolute atomic E-state index is 2.40. The molecule has 0 nitrogen and oxygen atoms in total. The maximum atomic E-state index is 2.40. The second-order valence-corrected chi connectivity index (χ2v) is 8.43. The molecule has 1 heteroatoms. The molecule has 0 heterocycles. The molecule has 0 unspecified atom stereocenters. The van der Waals surface area contributed by atoms with E-state index in [-0.39, 0.29) is 0 Å². The molecule has 106 valence electrons. The molecule has 0 amide bonds. The minimum atomic E-state index is -1.20. The number of hydrogen-bond donors (Lipinski definition) is 0. The third kappa shape index (κ3) is 2.74. The lowest BCUT2D eigenvalue weighted by atomic mass is 10.4. The van der Waals surface area contributed by atoms with E-state index in [1.807, 2.05) is 0 Å². The molecule has 0 atom stereocenters. The lowest BCUT2D eigenvalue weighted by Crippen LogP contribution is -2.02. The highest BCUT2D eigenvalue weighted by Crippen LogP contribution is 2.65. The van der Waals surface area contributed by atoms with Crippen molar-refractivity contribution < 1.29 is 0 Å². The van der Waals surface area contributed by atoms with E-state index < -0.39 is 10.0 Å². The van der Waals surface area contributed by atoms with E-state index >= 15 is 0 Å². The largest absolute Gasteiger partial charge is 0.163 e. The molecule has 0 aromatic heterocycles. The van der Waals surface area contributed by atoms with Gasteiger partial charge in [0.05, 0.1) is 0 Å². The molecule has 3 rings (SSSR count). The highest BCUT2D eigenvalue weighted by Gasteiger charge is 2.26. The van der Waals surface area contributed by atoms with Gasteiger partial charge in [0, 0.05) is 0 Å². The van der Waals surface area contributed by atoms with E-state index in [2.05, 4.69) is 97.3 Å². The van der Waals surface area contributed by atoms with Crippen molar-refractivity contribution in [3.63, 3.8) is 0 Å². The van der Waals surface area contributed by atoms with Gasteiger partial charge < -0.3 is 0 Å². The van der Waals surface area contributed by atoms with Gasteiger partial charge in [-0.25, -0.2) is 0 Å². The summed E-state index contributed by atoms with van der Waals surface area (Å²) in [4.78, 5) is 4.22. The fourth-order valence-corrected chi connectivity index (χ4v) is 5.56. The van der Waals surface area contributed by atoms with Gasteiger partial charge in [0.1, 0.15) is 0 Å². The summed E-state index contributed by atoms with van der Waals surface area (Å²) in [5.41, 5.74) is 0. The molecule has 0 spiro atoms. The molecule has 21 heavy (non-hydrogen) atoms. The van der Waals surface area contributed by atoms with Gasteiger partial charge in [0.25, 0.3) is 0 Å². The van der Waals surface area contributed by atoms with E-state index in [9.17, 15) is 0 Å². The van der Waals surface area contributed by atoms with Gasteiger partial charge in [0.15, 0.2) is 0 Å². The summed E-state index contributed by atoms with van der Waals surface area (Å²) in [5.74, 6) is 0. The predicted molar refractivity (Wildman–Crippen MR) is 93.9 cm³/mol. The average Bonchev–Trinajstić information content (AvgIpc) is 2.85. The fraction of sp³-hybridized carbons (Fsp3) is 0.100. The van der Waals surface area contributed by atoms with Crippen molar-refractivity contribution >= 4 is 10.0 Å². The Labute approximate surface area is 128 Å². The van der Waals surface area contributed by atoms with Gasteiger partial charge in [-0.3, -0.25) is 0 Å². The minimum absolute atomic E-state index is 1.01. The van der Waals surface area contributed by atoms with Crippen LogP contribution in [0.5, 0.6) is 0 Å². The molecule has 0 N–H and O–H groups in total. The van der Waals surface area contributed by atoms with Crippen molar-refractivity contribution in [2.45, 2.75) is 16.2 Å². The zero-order valence-electron chi connectivity index (χ0n) is 12.3. The van der Waals surface area contributed by atoms with Crippen molar-refractivity contribution in [2.24, 2.45) is 0 Å². The van der Waals surface area contributed by atoms with Gasteiger partial charge >= 0.3 is 0 Å². The monoisotopic (exact) mass is 292 g/mol. The Morgan fingerprint density at radius 2 is 1.33 bits per heavy atom. The summed E-state index contributed by atoms with van der Waals surface area (Å²) in [6, 6.07) is 21.8. The van der Waals surface area contributed by atoms with E-state index in [4.69, 9.17) is 0 Å². The second-order valence-electron chi connectivity index (χ2n) is 5.18. The molecule has 1 aliphatic rings. The maximum Gasteiger partial charge on any atom is -0.00212 e. The Bertz CT molecular complexity index is 639. The predicted octanol–water partition coefficient (Wildman–Crippen LogP) is 5.94. The number of benzene rings is 2. The Hall–Kier alpha value is -1.99. The first-order valence-corrected chi connectivity index (χ1v) is 9.28. The summed E-state index contributed by atoms with van der Waals surface area (Å²) in [5, 5.41) is 0. The first-order valence-electron chi connectivity index (χ1n) is 7.24. The molecule has 0 saturated carbocycles. The smallest absolute Gasteiger partial charge is 0.00212 e. The molecule has 0 bridgehead atoms. The second kappa shape index (κ2) is 6.19. The van der Waals surface area contributed by atoms with E-state index in [0.717, 1.165) is 6.42 Å². The number of allylic oxidation sites excluding steroid dienone is 5. The van der Waals surface area contributed by atoms with E-state index in [1.165, 1.54) is 14.7 Å². The van der Waals surface area contributed by atoms with Crippen LogP contribution in [0.25, 0.3) is 0 Å². The SMILES string of the molecule is CS(C1=CC=CCC=C1)(c1ccccc1)c1ccccc1. The third-order valence-corrected chi connectivity index (χ3v) is 7.50. The van der Waals surface area contributed by atoms with Crippen LogP contribution in [0, 0.1) is 0 Å².